The number of nitrogens with two attached hydrogens (primary N) is 1. The van der Waals surface area contributed by atoms with Crippen molar-refractivity contribution < 1.29 is 4.79 Å². The molecule has 1 aromatic heterocycles. The van der Waals surface area contributed by atoms with Crippen LogP contribution in [0.4, 0.5) is 0 Å². The van der Waals surface area contributed by atoms with Crippen LogP contribution in [0.2, 0.25) is 0 Å². The van der Waals surface area contributed by atoms with Crippen molar-refractivity contribution >= 4 is 18.3 Å². The maximum atomic E-state index is 12.4. The van der Waals surface area contributed by atoms with Crippen molar-refractivity contribution in [3.05, 3.63) is 64.1 Å². The number of nitrogens with one attached hydrogen (secondary N) is 1. The van der Waals surface area contributed by atoms with Crippen LogP contribution in [0, 0.1) is 5.92 Å². The highest BCUT2D eigenvalue weighted by molar-refractivity contribution is 5.92. The Kier molecular flexibility index (Phi) is 8.31. The van der Waals surface area contributed by atoms with Crippen LogP contribution >= 0.6 is 12.4 Å². The summed E-state index contributed by atoms with van der Waals surface area (Å²) in [6.45, 7) is 4.85. The van der Waals surface area contributed by atoms with E-state index in [4.69, 9.17) is 5.73 Å². The number of benzene rings is 1. The monoisotopic (exact) mass is 364 g/mol. The van der Waals surface area contributed by atoms with Crippen LogP contribution in [0.3, 0.4) is 0 Å². The smallest absolute Gasteiger partial charge is 0.271 e. The highest BCUT2D eigenvalue weighted by atomic mass is 35.5. The molecule has 0 spiro atoms. The molecular weight excluding hydrogens is 340 g/mol. The number of amides is 1. The van der Waals surface area contributed by atoms with E-state index in [1.54, 1.807) is 0 Å². The summed E-state index contributed by atoms with van der Waals surface area (Å²) in [7, 11) is 0. The standard InChI is InChI=1S/C18H24N4O2.ClH/c1-13(2)10-15(11-19)20-18(24)16-8-9-17(23)22(21-16)12-14-6-4-3-5-7-14;/h3-9,13,15H,10-12,19H2,1-2H3,(H,20,24);1H. The molecule has 0 saturated heterocycles. The average Bonchev–Trinajstić information content (AvgIpc) is 2.56. The van der Waals surface area contributed by atoms with E-state index in [1.165, 1.54) is 16.8 Å². The molecule has 7 heteroatoms. The lowest BCUT2D eigenvalue weighted by Crippen LogP contribution is -2.42. The number of carbonyl (C=O) groups is 1. The number of halogens is 1. The summed E-state index contributed by atoms with van der Waals surface area (Å²) in [6, 6.07) is 12.2. The topological polar surface area (TPSA) is 90.0 Å². The Bertz CT molecular complexity index is 731. The van der Waals surface area contributed by atoms with Crippen LogP contribution in [0.25, 0.3) is 0 Å². The molecule has 2 rings (SSSR count). The molecular formula is C18H25ClN4O2. The normalized spacial score (nSPS) is 11.7. The van der Waals surface area contributed by atoms with Crippen LogP contribution in [-0.4, -0.2) is 28.3 Å². The van der Waals surface area contributed by atoms with Gasteiger partial charge in [-0.2, -0.15) is 5.10 Å². The minimum absolute atomic E-state index is 0. The average molecular weight is 365 g/mol. The number of nitrogens with zero attached hydrogens (tertiary/aromatic N) is 2. The Labute approximate surface area is 153 Å². The third-order valence-electron chi connectivity index (χ3n) is 3.65. The number of aromatic nitrogens is 2. The van der Waals surface area contributed by atoms with Crippen molar-refractivity contribution in [2.24, 2.45) is 11.7 Å². The zero-order chi connectivity index (χ0) is 17.5. The maximum Gasteiger partial charge on any atom is 0.271 e. The molecule has 1 aromatic carbocycles. The predicted molar refractivity (Wildman–Crippen MR) is 101 cm³/mol. The first kappa shape index (κ1) is 20.9. The molecule has 2 aromatic rings. The van der Waals surface area contributed by atoms with E-state index in [9.17, 15) is 9.59 Å². The number of hydrogen-bond donors (Lipinski definition) is 2. The van der Waals surface area contributed by atoms with Gasteiger partial charge in [0.25, 0.3) is 11.5 Å². The third kappa shape index (κ3) is 6.32. The molecule has 0 bridgehead atoms. The Morgan fingerprint density at radius 1 is 1.20 bits per heavy atom. The van der Waals surface area contributed by atoms with Gasteiger partial charge in [-0.3, -0.25) is 9.59 Å². The van der Waals surface area contributed by atoms with Gasteiger partial charge in [-0.25, -0.2) is 4.68 Å². The van der Waals surface area contributed by atoms with E-state index in [2.05, 4.69) is 24.3 Å². The highest BCUT2D eigenvalue weighted by Crippen LogP contribution is 2.05. The van der Waals surface area contributed by atoms with Crippen molar-refractivity contribution in [3.63, 3.8) is 0 Å². The van der Waals surface area contributed by atoms with Gasteiger partial charge in [0.2, 0.25) is 0 Å². The van der Waals surface area contributed by atoms with Crippen LogP contribution in [0.15, 0.2) is 47.3 Å². The van der Waals surface area contributed by atoms with Gasteiger partial charge in [0, 0.05) is 18.7 Å². The Morgan fingerprint density at radius 2 is 1.88 bits per heavy atom. The van der Waals surface area contributed by atoms with Crippen LogP contribution in [-0.2, 0) is 6.54 Å². The molecule has 0 radical (unpaired) electrons. The first-order chi connectivity index (χ1) is 11.5. The van der Waals surface area contributed by atoms with Crippen molar-refractivity contribution in [2.75, 3.05) is 6.54 Å². The van der Waals surface area contributed by atoms with Crippen molar-refractivity contribution in [1.29, 1.82) is 0 Å². The molecule has 3 N–H and O–H groups in total. The summed E-state index contributed by atoms with van der Waals surface area (Å²) in [6.07, 6.45) is 0.798. The molecule has 25 heavy (non-hydrogen) atoms. The molecule has 136 valence electrons. The maximum absolute atomic E-state index is 12.4. The largest absolute Gasteiger partial charge is 0.347 e. The van der Waals surface area contributed by atoms with E-state index in [0.717, 1.165) is 12.0 Å². The second-order valence-corrected chi connectivity index (χ2v) is 6.24. The fourth-order valence-corrected chi connectivity index (χ4v) is 2.48. The second-order valence-electron chi connectivity index (χ2n) is 6.24. The van der Waals surface area contributed by atoms with Gasteiger partial charge < -0.3 is 11.1 Å². The zero-order valence-corrected chi connectivity index (χ0v) is 15.3. The lowest BCUT2D eigenvalue weighted by atomic mass is 10.0. The van der Waals surface area contributed by atoms with Gasteiger partial charge in [-0.15, -0.1) is 12.4 Å². The third-order valence-corrected chi connectivity index (χ3v) is 3.65. The van der Waals surface area contributed by atoms with Crippen LogP contribution in [0.1, 0.15) is 36.3 Å². The van der Waals surface area contributed by atoms with Gasteiger partial charge in [-0.05, 0) is 24.0 Å². The number of rotatable bonds is 7. The van der Waals surface area contributed by atoms with E-state index in [1.807, 2.05) is 30.3 Å². The fraction of sp³-hybridized carbons (Fsp3) is 0.389. The lowest BCUT2D eigenvalue weighted by molar-refractivity contribution is 0.0926. The lowest BCUT2D eigenvalue weighted by Gasteiger charge is -2.18. The van der Waals surface area contributed by atoms with E-state index < -0.39 is 0 Å². The Morgan fingerprint density at radius 3 is 2.48 bits per heavy atom. The summed E-state index contributed by atoms with van der Waals surface area (Å²) in [4.78, 5) is 24.3. The summed E-state index contributed by atoms with van der Waals surface area (Å²) >= 11 is 0. The first-order valence-corrected chi connectivity index (χ1v) is 8.12. The molecule has 1 heterocycles. The zero-order valence-electron chi connectivity index (χ0n) is 14.5. The number of carbonyl (C=O) groups excluding carboxylic acids is 1. The molecule has 1 amide bonds. The molecule has 6 nitrogen and oxygen atoms in total. The quantitative estimate of drug-likeness (QED) is 0.784. The molecule has 0 aliphatic rings. The second kappa shape index (κ2) is 9.96. The van der Waals surface area contributed by atoms with Crippen molar-refractivity contribution in [1.82, 2.24) is 15.1 Å². The minimum atomic E-state index is -0.312. The van der Waals surface area contributed by atoms with Gasteiger partial charge in [0.15, 0.2) is 0 Å². The van der Waals surface area contributed by atoms with Gasteiger partial charge in [0.1, 0.15) is 5.69 Å². The Hall–Kier alpha value is -2.18. The van der Waals surface area contributed by atoms with Gasteiger partial charge >= 0.3 is 0 Å². The molecule has 0 fully saturated rings. The summed E-state index contributed by atoms with van der Waals surface area (Å²) in [5.74, 6) is 0.117. The van der Waals surface area contributed by atoms with E-state index in [0.29, 0.717) is 19.0 Å². The molecule has 1 unspecified atom stereocenters. The van der Waals surface area contributed by atoms with Crippen molar-refractivity contribution in [3.8, 4) is 0 Å². The minimum Gasteiger partial charge on any atom is -0.347 e. The first-order valence-electron chi connectivity index (χ1n) is 8.12. The molecule has 0 aliphatic heterocycles. The van der Waals surface area contributed by atoms with Crippen molar-refractivity contribution in [2.45, 2.75) is 32.9 Å². The highest BCUT2D eigenvalue weighted by Gasteiger charge is 2.16. The van der Waals surface area contributed by atoms with Crippen LogP contribution in [0.5, 0.6) is 0 Å². The predicted octanol–water partition coefficient (Wildman–Crippen LogP) is 1.82. The SMILES string of the molecule is CC(C)CC(CN)NC(=O)c1ccc(=O)n(Cc2ccccc2)n1.Cl. The summed E-state index contributed by atoms with van der Waals surface area (Å²) in [5.41, 5.74) is 6.63. The van der Waals surface area contributed by atoms with E-state index >= 15 is 0 Å². The summed E-state index contributed by atoms with van der Waals surface area (Å²) in [5, 5.41) is 7.07. The molecule has 1 atom stereocenters. The summed E-state index contributed by atoms with van der Waals surface area (Å²) < 4.78 is 1.30. The Balaban J connectivity index is 0.00000312. The number of hydrogen-bond acceptors (Lipinski definition) is 4. The van der Waals surface area contributed by atoms with Crippen LogP contribution < -0.4 is 16.6 Å². The molecule has 0 aliphatic carbocycles. The van der Waals surface area contributed by atoms with Gasteiger partial charge in [-0.1, -0.05) is 44.2 Å². The molecule has 0 saturated carbocycles. The van der Waals surface area contributed by atoms with Gasteiger partial charge in [0.05, 0.1) is 6.54 Å². The fourth-order valence-electron chi connectivity index (χ4n) is 2.48. The van der Waals surface area contributed by atoms with E-state index in [-0.39, 0.29) is 35.6 Å².